The number of hydrogen-bond donors (Lipinski definition) is 0. The minimum absolute atomic E-state index is 0.0973. The van der Waals surface area contributed by atoms with Crippen LogP contribution in [0.4, 0.5) is 0 Å². The molecule has 2 aromatic carbocycles. The van der Waals surface area contributed by atoms with Crippen molar-refractivity contribution in [3.63, 3.8) is 0 Å². The number of rotatable bonds is 5. The summed E-state index contributed by atoms with van der Waals surface area (Å²) in [7, 11) is -3.55. The molecule has 1 amide bonds. The van der Waals surface area contributed by atoms with Crippen LogP contribution in [0.1, 0.15) is 40.8 Å². The van der Waals surface area contributed by atoms with E-state index in [1.807, 2.05) is 18.2 Å². The van der Waals surface area contributed by atoms with Gasteiger partial charge in [-0.15, -0.1) is 0 Å². The summed E-state index contributed by atoms with van der Waals surface area (Å²) in [5, 5.41) is 0. The molecule has 0 bridgehead atoms. The lowest BCUT2D eigenvalue weighted by atomic mass is 10.0. The number of fused-ring (bicyclic) bond motifs is 1. The van der Waals surface area contributed by atoms with Crippen LogP contribution in [0.15, 0.2) is 70.0 Å². The highest BCUT2D eigenvalue weighted by Gasteiger charge is 2.33. The van der Waals surface area contributed by atoms with Gasteiger partial charge in [0.25, 0.3) is 5.91 Å². The molecule has 3 aromatic rings. The molecule has 1 fully saturated rings. The quantitative estimate of drug-likeness (QED) is 0.580. The highest BCUT2D eigenvalue weighted by Crippen LogP contribution is 2.38. The first-order valence-corrected chi connectivity index (χ1v) is 12.2. The van der Waals surface area contributed by atoms with E-state index in [0.717, 1.165) is 18.4 Å². The molecule has 3 heterocycles. The second-order valence-electron chi connectivity index (χ2n) is 7.90. The minimum atomic E-state index is -3.55. The van der Waals surface area contributed by atoms with E-state index in [0.29, 0.717) is 31.3 Å². The number of hydrogen-bond acceptors (Lipinski definition) is 6. The van der Waals surface area contributed by atoms with Gasteiger partial charge in [0.05, 0.1) is 10.9 Å². The molecule has 1 atom stereocenters. The summed E-state index contributed by atoms with van der Waals surface area (Å²) in [5.74, 6) is 1.26. The Balaban J connectivity index is 1.34. The van der Waals surface area contributed by atoms with Crippen LogP contribution in [0.25, 0.3) is 0 Å². The SMILES string of the molecule is O=C(c1ccc(CS(=O)(=O)c2ccccc2)o1)N1CCC[C@@H]1c1ccc2c(c1)OCCO2. The predicted octanol–water partition coefficient (Wildman–Crippen LogP) is 4.00. The molecule has 166 valence electrons. The van der Waals surface area contributed by atoms with E-state index in [2.05, 4.69) is 0 Å². The van der Waals surface area contributed by atoms with Gasteiger partial charge < -0.3 is 18.8 Å². The fraction of sp³-hybridized carbons (Fsp3) is 0.292. The lowest BCUT2D eigenvalue weighted by Gasteiger charge is -2.26. The van der Waals surface area contributed by atoms with Gasteiger partial charge in [-0.1, -0.05) is 24.3 Å². The normalized spacial score (nSPS) is 18.0. The molecule has 1 saturated heterocycles. The van der Waals surface area contributed by atoms with E-state index in [9.17, 15) is 13.2 Å². The van der Waals surface area contributed by atoms with Crippen LogP contribution in [0.2, 0.25) is 0 Å². The summed E-state index contributed by atoms with van der Waals surface area (Å²) >= 11 is 0. The molecule has 0 radical (unpaired) electrons. The number of benzene rings is 2. The zero-order valence-electron chi connectivity index (χ0n) is 17.4. The van der Waals surface area contributed by atoms with Crippen molar-refractivity contribution in [3.8, 4) is 11.5 Å². The summed E-state index contributed by atoms with van der Waals surface area (Å²) in [6.45, 7) is 1.64. The van der Waals surface area contributed by atoms with Gasteiger partial charge >= 0.3 is 0 Å². The Hall–Kier alpha value is -3.26. The van der Waals surface area contributed by atoms with Crippen molar-refractivity contribution in [1.82, 2.24) is 4.90 Å². The number of likely N-dealkylation sites (tertiary alicyclic amines) is 1. The lowest BCUT2D eigenvalue weighted by molar-refractivity contribution is 0.0701. The Kier molecular flexibility index (Phi) is 5.38. The summed E-state index contributed by atoms with van der Waals surface area (Å²) in [6.07, 6.45) is 1.71. The van der Waals surface area contributed by atoms with Crippen molar-refractivity contribution < 1.29 is 27.1 Å². The molecule has 2 aliphatic rings. The Morgan fingerprint density at radius 1 is 0.969 bits per heavy atom. The summed E-state index contributed by atoms with van der Waals surface area (Å²) in [5.41, 5.74) is 0.985. The maximum absolute atomic E-state index is 13.2. The van der Waals surface area contributed by atoms with Crippen molar-refractivity contribution in [2.75, 3.05) is 19.8 Å². The first kappa shape index (κ1) is 20.6. The molecular formula is C24H23NO6S. The predicted molar refractivity (Wildman–Crippen MR) is 116 cm³/mol. The molecule has 0 unspecified atom stereocenters. The number of carbonyl (C=O) groups is 1. The molecular weight excluding hydrogens is 430 g/mol. The van der Waals surface area contributed by atoms with E-state index >= 15 is 0 Å². The third kappa shape index (κ3) is 3.98. The van der Waals surface area contributed by atoms with Gasteiger partial charge in [-0.05, 0) is 54.8 Å². The zero-order valence-corrected chi connectivity index (χ0v) is 18.2. The fourth-order valence-electron chi connectivity index (χ4n) is 4.23. The number of amides is 1. The number of carbonyl (C=O) groups excluding carboxylic acids is 1. The Labute approximate surface area is 186 Å². The molecule has 5 rings (SSSR count). The molecule has 8 heteroatoms. The second kappa shape index (κ2) is 8.35. The molecule has 2 aliphatic heterocycles. The highest BCUT2D eigenvalue weighted by molar-refractivity contribution is 7.90. The van der Waals surface area contributed by atoms with Crippen molar-refractivity contribution >= 4 is 15.7 Å². The van der Waals surface area contributed by atoms with Gasteiger partial charge in [0.15, 0.2) is 27.1 Å². The third-order valence-electron chi connectivity index (χ3n) is 5.77. The van der Waals surface area contributed by atoms with Gasteiger partial charge in [-0.3, -0.25) is 4.79 Å². The van der Waals surface area contributed by atoms with Crippen LogP contribution in [0.5, 0.6) is 11.5 Å². The highest BCUT2D eigenvalue weighted by atomic mass is 32.2. The molecule has 32 heavy (non-hydrogen) atoms. The largest absolute Gasteiger partial charge is 0.486 e. The number of nitrogens with zero attached hydrogens (tertiary/aromatic N) is 1. The number of ether oxygens (including phenoxy) is 2. The van der Waals surface area contributed by atoms with Crippen molar-refractivity contribution in [3.05, 3.63) is 77.7 Å². The van der Waals surface area contributed by atoms with Crippen molar-refractivity contribution in [2.45, 2.75) is 29.5 Å². The molecule has 1 aromatic heterocycles. The van der Waals surface area contributed by atoms with E-state index in [1.54, 1.807) is 47.4 Å². The van der Waals surface area contributed by atoms with Gasteiger partial charge in [0.1, 0.15) is 24.7 Å². The van der Waals surface area contributed by atoms with Crippen LogP contribution in [-0.2, 0) is 15.6 Å². The van der Waals surface area contributed by atoms with Crippen LogP contribution in [0.3, 0.4) is 0 Å². The third-order valence-corrected chi connectivity index (χ3v) is 7.43. The summed E-state index contributed by atoms with van der Waals surface area (Å²) < 4.78 is 42.2. The molecule has 7 nitrogen and oxygen atoms in total. The minimum Gasteiger partial charge on any atom is -0.486 e. The second-order valence-corrected chi connectivity index (χ2v) is 9.89. The van der Waals surface area contributed by atoms with E-state index in [1.165, 1.54) is 0 Å². The van der Waals surface area contributed by atoms with Gasteiger partial charge in [-0.25, -0.2) is 8.42 Å². The Morgan fingerprint density at radius 2 is 1.75 bits per heavy atom. The van der Waals surface area contributed by atoms with Crippen LogP contribution < -0.4 is 9.47 Å². The maximum Gasteiger partial charge on any atom is 0.290 e. The fourth-order valence-corrected chi connectivity index (χ4v) is 5.50. The first-order chi connectivity index (χ1) is 15.5. The Morgan fingerprint density at radius 3 is 2.56 bits per heavy atom. The van der Waals surface area contributed by atoms with Gasteiger partial charge in [0, 0.05) is 6.54 Å². The van der Waals surface area contributed by atoms with Gasteiger partial charge in [0.2, 0.25) is 0 Å². The zero-order chi connectivity index (χ0) is 22.1. The van der Waals surface area contributed by atoms with Crippen molar-refractivity contribution in [2.24, 2.45) is 0 Å². The summed E-state index contributed by atoms with van der Waals surface area (Å²) in [4.78, 5) is 15.2. The first-order valence-electron chi connectivity index (χ1n) is 10.6. The van der Waals surface area contributed by atoms with E-state index < -0.39 is 9.84 Å². The topological polar surface area (TPSA) is 86.0 Å². The Bertz CT molecular complexity index is 1230. The van der Waals surface area contributed by atoms with Crippen LogP contribution in [0, 0.1) is 0 Å². The van der Waals surface area contributed by atoms with Gasteiger partial charge in [-0.2, -0.15) is 0 Å². The smallest absolute Gasteiger partial charge is 0.290 e. The molecule has 0 spiro atoms. The summed E-state index contributed by atoms with van der Waals surface area (Å²) in [6, 6.07) is 17.0. The number of sulfone groups is 1. The molecule has 0 N–H and O–H groups in total. The van der Waals surface area contributed by atoms with E-state index in [-0.39, 0.29) is 34.1 Å². The number of furan rings is 1. The standard InChI is InChI=1S/C24H23NO6S/c26-24(22-11-9-18(31-22)16-32(27,28)19-5-2-1-3-6-19)25-12-4-7-20(25)17-8-10-21-23(15-17)30-14-13-29-21/h1-3,5-6,8-11,15,20H,4,7,12-14,16H2/t20-/m1/s1. The lowest BCUT2D eigenvalue weighted by Crippen LogP contribution is -2.30. The van der Waals surface area contributed by atoms with Crippen LogP contribution in [-0.4, -0.2) is 39.0 Å². The molecule has 0 aliphatic carbocycles. The average molecular weight is 454 g/mol. The van der Waals surface area contributed by atoms with E-state index in [4.69, 9.17) is 13.9 Å². The van der Waals surface area contributed by atoms with Crippen molar-refractivity contribution in [1.29, 1.82) is 0 Å². The molecule has 0 saturated carbocycles. The monoisotopic (exact) mass is 453 g/mol. The maximum atomic E-state index is 13.2. The average Bonchev–Trinajstić information content (AvgIpc) is 3.49. The van der Waals surface area contributed by atoms with Crippen LogP contribution >= 0.6 is 0 Å².